The normalized spacial score (nSPS) is 10.1. The Hall–Kier alpha value is -1.09. The molecule has 1 rings (SSSR count). The van der Waals surface area contributed by atoms with Gasteiger partial charge < -0.3 is 4.90 Å². The molecule has 0 unspecified atom stereocenters. The fourth-order valence-corrected chi connectivity index (χ4v) is 1.38. The molecule has 0 amide bonds. The van der Waals surface area contributed by atoms with Crippen LogP contribution in [0.25, 0.3) is 0 Å². The lowest BCUT2D eigenvalue weighted by Crippen LogP contribution is -2.07. The average Bonchev–Trinajstić information content (AvgIpc) is 2.15. The second-order valence-corrected chi connectivity index (χ2v) is 4.23. The SMILES string of the molecule is CN(C)/C=N\c1ccc(I)cc1C#N. The first kappa shape index (κ1) is 11.0. The summed E-state index contributed by atoms with van der Waals surface area (Å²) in [5, 5.41) is 8.87. The Morgan fingerprint density at radius 3 is 2.79 bits per heavy atom. The zero-order chi connectivity index (χ0) is 10.6. The number of nitrogens with zero attached hydrogens (tertiary/aromatic N) is 3. The van der Waals surface area contributed by atoms with E-state index in [4.69, 9.17) is 5.26 Å². The molecule has 0 saturated heterocycles. The third-order valence-corrected chi connectivity index (χ3v) is 2.18. The molecule has 0 fully saturated rings. The van der Waals surface area contributed by atoms with Gasteiger partial charge in [-0.1, -0.05) is 0 Å². The minimum Gasteiger partial charge on any atom is -0.369 e. The van der Waals surface area contributed by atoms with Gasteiger partial charge in [0.1, 0.15) is 6.07 Å². The van der Waals surface area contributed by atoms with Gasteiger partial charge >= 0.3 is 0 Å². The first-order valence-electron chi connectivity index (χ1n) is 4.04. The highest BCUT2D eigenvalue weighted by molar-refractivity contribution is 14.1. The molecular weight excluding hydrogens is 289 g/mol. The van der Waals surface area contributed by atoms with Crippen molar-refractivity contribution in [3.8, 4) is 6.07 Å². The summed E-state index contributed by atoms with van der Waals surface area (Å²) < 4.78 is 1.04. The zero-order valence-corrected chi connectivity index (χ0v) is 10.2. The molecule has 4 heteroatoms. The van der Waals surface area contributed by atoms with Crippen LogP contribution in [0.4, 0.5) is 5.69 Å². The standard InChI is InChI=1S/C10H10IN3/c1-14(2)7-13-10-4-3-9(11)5-8(10)6-12/h3-5,7H,1-2H3/b13-7-. The molecule has 0 bridgehead atoms. The van der Waals surface area contributed by atoms with Gasteiger partial charge in [0.2, 0.25) is 0 Å². The highest BCUT2D eigenvalue weighted by atomic mass is 127. The smallest absolute Gasteiger partial charge is 0.101 e. The molecule has 0 saturated carbocycles. The fourth-order valence-electron chi connectivity index (χ4n) is 0.888. The van der Waals surface area contributed by atoms with E-state index in [0.717, 1.165) is 3.57 Å². The van der Waals surface area contributed by atoms with Crippen molar-refractivity contribution in [3.63, 3.8) is 0 Å². The lowest BCUT2D eigenvalue weighted by atomic mass is 10.2. The van der Waals surface area contributed by atoms with Crippen molar-refractivity contribution in [1.82, 2.24) is 4.90 Å². The van der Waals surface area contributed by atoms with Gasteiger partial charge in [0, 0.05) is 17.7 Å². The summed E-state index contributed by atoms with van der Waals surface area (Å²) in [5.74, 6) is 0. The molecule has 0 N–H and O–H groups in total. The van der Waals surface area contributed by atoms with Crippen LogP contribution in [0.15, 0.2) is 23.2 Å². The number of aliphatic imine (C=N–C) groups is 1. The van der Waals surface area contributed by atoms with E-state index in [0.29, 0.717) is 11.3 Å². The van der Waals surface area contributed by atoms with E-state index < -0.39 is 0 Å². The monoisotopic (exact) mass is 299 g/mol. The molecule has 0 aromatic heterocycles. The molecule has 0 heterocycles. The molecule has 3 nitrogen and oxygen atoms in total. The Bertz CT molecular complexity index is 391. The summed E-state index contributed by atoms with van der Waals surface area (Å²) in [7, 11) is 3.78. The molecule has 1 aromatic carbocycles. The molecule has 0 aliphatic rings. The van der Waals surface area contributed by atoms with Crippen molar-refractivity contribution in [2.45, 2.75) is 0 Å². The fraction of sp³-hybridized carbons (Fsp3) is 0.200. The van der Waals surface area contributed by atoms with Crippen molar-refractivity contribution in [3.05, 3.63) is 27.3 Å². The molecule has 0 aliphatic carbocycles. The number of nitriles is 1. The van der Waals surface area contributed by atoms with Gasteiger partial charge in [-0.15, -0.1) is 0 Å². The van der Waals surface area contributed by atoms with E-state index in [1.54, 1.807) is 6.34 Å². The first-order valence-corrected chi connectivity index (χ1v) is 5.11. The van der Waals surface area contributed by atoms with E-state index in [1.165, 1.54) is 0 Å². The summed E-state index contributed by atoms with van der Waals surface area (Å²) in [6.45, 7) is 0. The average molecular weight is 299 g/mol. The Morgan fingerprint density at radius 2 is 2.21 bits per heavy atom. The molecular formula is C10H10IN3. The van der Waals surface area contributed by atoms with Gasteiger partial charge in [0.25, 0.3) is 0 Å². The third-order valence-electron chi connectivity index (χ3n) is 1.51. The van der Waals surface area contributed by atoms with Crippen LogP contribution in [-0.2, 0) is 0 Å². The minimum absolute atomic E-state index is 0.606. The second kappa shape index (κ2) is 4.96. The van der Waals surface area contributed by atoms with Crippen LogP contribution in [0.2, 0.25) is 0 Å². The van der Waals surface area contributed by atoms with Gasteiger partial charge in [0.15, 0.2) is 0 Å². The summed E-state index contributed by atoms with van der Waals surface area (Å²) in [5.41, 5.74) is 1.32. The minimum atomic E-state index is 0.606. The molecule has 0 radical (unpaired) electrons. The maximum atomic E-state index is 8.87. The van der Waals surface area contributed by atoms with E-state index in [2.05, 4.69) is 33.7 Å². The maximum absolute atomic E-state index is 8.87. The second-order valence-electron chi connectivity index (χ2n) is 2.98. The van der Waals surface area contributed by atoms with Crippen LogP contribution >= 0.6 is 22.6 Å². The number of halogens is 1. The summed E-state index contributed by atoms with van der Waals surface area (Å²) in [6, 6.07) is 7.73. The predicted molar refractivity (Wildman–Crippen MR) is 65.7 cm³/mol. The van der Waals surface area contributed by atoms with Gasteiger partial charge in [-0.3, -0.25) is 0 Å². The van der Waals surface area contributed by atoms with Crippen molar-refractivity contribution >= 4 is 34.6 Å². The van der Waals surface area contributed by atoms with Gasteiger partial charge in [-0.25, -0.2) is 4.99 Å². The van der Waals surface area contributed by atoms with Crippen molar-refractivity contribution in [2.24, 2.45) is 4.99 Å². The van der Waals surface area contributed by atoms with Gasteiger partial charge in [0.05, 0.1) is 17.6 Å². The first-order chi connectivity index (χ1) is 6.63. The van der Waals surface area contributed by atoms with Crippen LogP contribution in [0, 0.1) is 14.9 Å². The van der Waals surface area contributed by atoms with Crippen molar-refractivity contribution in [2.75, 3.05) is 14.1 Å². The van der Waals surface area contributed by atoms with Crippen molar-refractivity contribution in [1.29, 1.82) is 5.26 Å². The van der Waals surface area contributed by atoms with Crippen molar-refractivity contribution < 1.29 is 0 Å². The topological polar surface area (TPSA) is 39.4 Å². The lowest BCUT2D eigenvalue weighted by Gasteiger charge is -2.03. The van der Waals surface area contributed by atoms with E-state index in [-0.39, 0.29) is 0 Å². The summed E-state index contributed by atoms with van der Waals surface area (Å²) in [6.07, 6.45) is 1.68. The van der Waals surface area contributed by atoms with Gasteiger partial charge in [-0.05, 0) is 40.8 Å². The number of hydrogen-bond donors (Lipinski definition) is 0. The molecule has 0 aliphatic heterocycles. The molecule has 0 atom stereocenters. The van der Waals surface area contributed by atoms with Gasteiger partial charge in [-0.2, -0.15) is 5.26 Å². The Morgan fingerprint density at radius 1 is 1.50 bits per heavy atom. The Kier molecular flexibility index (Phi) is 3.89. The molecule has 0 spiro atoms. The highest BCUT2D eigenvalue weighted by Gasteiger charge is 1.99. The molecule has 72 valence electrons. The maximum Gasteiger partial charge on any atom is 0.101 e. The number of rotatable bonds is 2. The van der Waals surface area contributed by atoms with E-state index >= 15 is 0 Å². The predicted octanol–water partition coefficient (Wildman–Crippen LogP) is 2.38. The van der Waals surface area contributed by atoms with Crippen LogP contribution in [0.1, 0.15) is 5.56 Å². The number of benzene rings is 1. The molecule has 1 aromatic rings. The summed E-state index contributed by atoms with van der Waals surface area (Å²) in [4.78, 5) is 6.03. The van der Waals surface area contributed by atoms with Crippen LogP contribution in [0.5, 0.6) is 0 Å². The largest absolute Gasteiger partial charge is 0.369 e. The van der Waals surface area contributed by atoms with Crippen LogP contribution in [-0.4, -0.2) is 25.3 Å². The third kappa shape index (κ3) is 3.00. The summed E-state index contributed by atoms with van der Waals surface area (Å²) >= 11 is 2.17. The van der Waals surface area contributed by atoms with E-state index in [9.17, 15) is 0 Å². The number of hydrogen-bond acceptors (Lipinski definition) is 2. The van der Waals surface area contributed by atoms with Crippen LogP contribution < -0.4 is 0 Å². The highest BCUT2D eigenvalue weighted by Crippen LogP contribution is 2.20. The molecule has 14 heavy (non-hydrogen) atoms. The van der Waals surface area contributed by atoms with Crippen LogP contribution in [0.3, 0.4) is 0 Å². The Balaban J connectivity index is 3.04. The lowest BCUT2D eigenvalue weighted by molar-refractivity contribution is 0.643. The zero-order valence-electron chi connectivity index (χ0n) is 8.03. The quantitative estimate of drug-likeness (QED) is 0.478. The van der Waals surface area contributed by atoms with E-state index in [1.807, 2.05) is 37.2 Å². The Labute approximate surface area is 97.2 Å².